The highest BCUT2D eigenvalue weighted by Crippen LogP contribution is 2.22. The first-order valence-electron chi connectivity index (χ1n) is 9.72. The van der Waals surface area contributed by atoms with Gasteiger partial charge >= 0.3 is 6.01 Å². The van der Waals surface area contributed by atoms with Crippen molar-refractivity contribution in [3.63, 3.8) is 0 Å². The molecule has 27 heavy (non-hydrogen) atoms. The number of rotatable bonds is 6. The third-order valence-corrected chi connectivity index (χ3v) is 5.02. The zero-order valence-corrected chi connectivity index (χ0v) is 15.4. The fraction of sp³-hybridized carbons (Fsp3) is 0.381. The second kappa shape index (κ2) is 8.77. The number of benzene rings is 2. The molecule has 140 valence electrons. The Hall–Kier alpha value is -2.73. The normalized spacial score (nSPS) is 15.4. The highest BCUT2D eigenvalue weighted by atomic mass is 16.5. The maximum atomic E-state index is 5.88. The van der Waals surface area contributed by atoms with Crippen molar-refractivity contribution in [2.75, 3.05) is 0 Å². The summed E-state index contributed by atoms with van der Waals surface area (Å²) in [4.78, 5) is 0. The lowest BCUT2D eigenvalue weighted by molar-refractivity contribution is 0.426. The number of nitrogens with one attached hydrogen (secondary N) is 1. The molecule has 1 N–H and O–H groups in total. The van der Waals surface area contributed by atoms with E-state index >= 15 is 0 Å². The molecular weight excluding hydrogens is 338 g/mol. The van der Waals surface area contributed by atoms with Crippen LogP contribution in [0.25, 0.3) is 5.69 Å². The summed E-state index contributed by atoms with van der Waals surface area (Å²) in [5, 5.41) is 15.4. The molecule has 0 atom stereocenters. The topological polar surface area (TPSA) is 64.9 Å². The highest BCUT2D eigenvalue weighted by Gasteiger charge is 2.12. The van der Waals surface area contributed by atoms with E-state index in [2.05, 4.69) is 33.0 Å². The van der Waals surface area contributed by atoms with Crippen LogP contribution in [0.15, 0.2) is 54.6 Å². The summed E-state index contributed by atoms with van der Waals surface area (Å²) in [7, 11) is 0. The third-order valence-electron chi connectivity index (χ3n) is 5.02. The van der Waals surface area contributed by atoms with Crippen LogP contribution in [0.2, 0.25) is 0 Å². The lowest BCUT2D eigenvalue weighted by atomic mass is 10.1. The Balaban J connectivity index is 1.37. The molecule has 1 fully saturated rings. The van der Waals surface area contributed by atoms with E-state index in [1.807, 2.05) is 42.5 Å². The molecular formula is C21H25N5O. The van der Waals surface area contributed by atoms with Gasteiger partial charge in [0.25, 0.3) is 0 Å². The van der Waals surface area contributed by atoms with Crippen LogP contribution in [-0.4, -0.2) is 26.2 Å². The minimum atomic E-state index is 0.352. The number of ether oxygens (including phenoxy) is 1. The molecule has 1 aliphatic carbocycles. The molecule has 2 aromatic carbocycles. The molecule has 6 nitrogen and oxygen atoms in total. The van der Waals surface area contributed by atoms with Gasteiger partial charge in [0.2, 0.25) is 0 Å². The van der Waals surface area contributed by atoms with Crippen LogP contribution in [0.4, 0.5) is 0 Å². The van der Waals surface area contributed by atoms with Crippen LogP contribution in [-0.2, 0) is 6.54 Å². The number of aromatic nitrogens is 4. The van der Waals surface area contributed by atoms with Crippen LogP contribution >= 0.6 is 0 Å². The number of hydrogen-bond donors (Lipinski definition) is 1. The standard InChI is InChI=1S/C21H25N5O/c1-2-5-9-18(8-4-1)22-16-17-12-14-20(15-13-17)27-21-23-24-25-26(21)19-10-6-3-7-11-19/h3,6-7,10-15,18,22H,1-2,4-5,8-9,16H2. The molecule has 1 saturated carbocycles. The van der Waals surface area contributed by atoms with E-state index in [-0.39, 0.29) is 0 Å². The van der Waals surface area contributed by atoms with E-state index in [4.69, 9.17) is 4.74 Å². The highest BCUT2D eigenvalue weighted by molar-refractivity contribution is 5.34. The number of nitrogens with zero attached hydrogens (tertiary/aromatic N) is 4. The van der Waals surface area contributed by atoms with Gasteiger partial charge in [0.15, 0.2) is 0 Å². The SMILES string of the molecule is c1ccc(-n2nnnc2Oc2ccc(CNC3CCCCCC3)cc2)cc1. The summed E-state index contributed by atoms with van der Waals surface area (Å²) < 4.78 is 7.46. The van der Waals surface area contributed by atoms with Crippen molar-refractivity contribution in [2.45, 2.75) is 51.1 Å². The molecule has 0 aliphatic heterocycles. The van der Waals surface area contributed by atoms with Crippen LogP contribution < -0.4 is 10.1 Å². The predicted octanol–water partition coefficient (Wildman–Crippen LogP) is 4.27. The average molecular weight is 363 g/mol. The van der Waals surface area contributed by atoms with Crippen LogP contribution in [0.3, 0.4) is 0 Å². The van der Waals surface area contributed by atoms with Crippen LogP contribution in [0.5, 0.6) is 11.8 Å². The monoisotopic (exact) mass is 363 g/mol. The van der Waals surface area contributed by atoms with E-state index in [0.717, 1.165) is 18.0 Å². The fourth-order valence-electron chi connectivity index (χ4n) is 3.50. The van der Waals surface area contributed by atoms with Gasteiger partial charge in [-0.2, -0.15) is 4.68 Å². The molecule has 1 heterocycles. The minimum Gasteiger partial charge on any atom is -0.423 e. The summed E-state index contributed by atoms with van der Waals surface area (Å²) in [6.07, 6.45) is 8.05. The molecule has 0 saturated heterocycles. The number of hydrogen-bond acceptors (Lipinski definition) is 5. The Morgan fingerprint density at radius 1 is 0.926 bits per heavy atom. The van der Waals surface area contributed by atoms with Gasteiger partial charge in [-0.05, 0) is 53.1 Å². The van der Waals surface area contributed by atoms with E-state index in [1.54, 1.807) is 4.68 Å². The maximum Gasteiger partial charge on any atom is 0.345 e. The molecule has 0 bridgehead atoms. The third kappa shape index (κ3) is 4.71. The van der Waals surface area contributed by atoms with E-state index in [9.17, 15) is 0 Å². The molecule has 1 aliphatic rings. The molecule has 0 spiro atoms. The summed E-state index contributed by atoms with van der Waals surface area (Å²) in [5.74, 6) is 0.722. The van der Waals surface area contributed by atoms with Crippen LogP contribution in [0.1, 0.15) is 44.1 Å². The van der Waals surface area contributed by atoms with Gasteiger partial charge in [0.05, 0.1) is 5.69 Å². The minimum absolute atomic E-state index is 0.352. The number of para-hydroxylation sites is 1. The average Bonchev–Trinajstić information content (AvgIpc) is 3.01. The van der Waals surface area contributed by atoms with Crippen molar-refractivity contribution in [3.05, 3.63) is 60.2 Å². The molecule has 3 aromatic rings. The first kappa shape index (κ1) is 17.7. The molecule has 0 unspecified atom stereocenters. The van der Waals surface area contributed by atoms with Gasteiger partial charge in [0, 0.05) is 12.6 Å². The van der Waals surface area contributed by atoms with Crippen molar-refractivity contribution < 1.29 is 4.74 Å². The van der Waals surface area contributed by atoms with Gasteiger partial charge in [-0.1, -0.05) is 61.1 Å². The largest absolute Gasteiger partial charge is 0.423 e. The van der Waals surface area contributed by atoms with E-state index in [1.165, 1.54) is 44.1 Å². The fourth-order valence-corrected chi connectivity index (χ4v) is 3.50. The van der Waals surface area contributed by atoms with Gasteiger partial charge in [0.1, 0.15) is 5.75 Å². The van der Waals surface area contributed by atoms with Gasteiger partial charge in [-0.3, -0.25) is 0 Å². The Morgan fingerprint density at radius 2 is 1.67 bits per heavy atom. The molecule has 6 heteroatoms. The second-order valence-electron chi connectivity index (χ2n) is 7.02. The van der Waals surface area contributed by atoms with Crippen LogP contribution in [0, 0.1) is 0 Å². The lowest BCUT2D eigenvalue weighted by Gasteiger charge is -2.16. The van der Waals surface area contributed by atoms with E-state index < -0.39 is 0 Å². The summed E-state index contributed by atoms with van der Waals surface area (Å²) >= 11 is 0. The Bertz CT molecular complexity index is 823. The summed E-state index contributed by atoms with van der Waals surface area (Å²) in [5.41, 5.74) is 2.12. The maximum absolute atomic E-state index is 5.88. The van der Waals surface area contributed by atoms with Gasteiger partial charge < -0.3 is 10.1 Å². The Labute approximate surface area is 159 Å². The summed E-state index contributed by atoms with van der Waals surface area (Å²) in [6, 6.07) is 18.8. The molecule has 0 amide bonds. The summed E-state index contributed by atoms with van der Waals surface area (Å²) in [6.45, 7) is 0.896. The van der Waals surface area contributed by atoms with Crippen molar-refractivity contribution in [1.82, 2.24) is 25.5 Å². The predicted molar refractivity (Wildman–Crippen MR) is 104 cm³/mol. The first-order chi connectivity index (χ1) is 13.4. The van der Waals surface area contributed by atoms with Gasteiger partial charge in [-0.15, -0.1) is 0 Å². The number of tetrazole rings is 1. The smallest absolute Gasteiger partial charge is 0.345 e. The quantitative estimate of drug-likeness (QED) is 0.663. The molecule has 1 aromatic heterocycles. The lowest BCUT2D eigenvalue weighted by Crippen LogP contribution is -2.27. The van der Waals surface area contributed by atoms with Crippen molar-refractivity contribution in [2.24, 2.45) is 0 Å². The zero-order chi connectivity index (χ0) is 18.3. The Kier molecular flexibility index (Phi) is 5.74. The zero-order valence-electron chi connectivity index (χ0n) is 15.4. The first-order valence-corrected chi connectivity index (χ1v) is 9.72. The van der Waals surface area contributed by atoms with Crippen molar-refractivity contribution in [1.29, 1.82) is 0 Å². The van der Waals surface area contributed by atoms with Crippen molar-refractivity contribution in [3.8, 4) is 17.4 Å². The van der Waals surface area contributed by atoms with Crippen molar-refractivity contribution >= 4 is 0 Å². The molecule has 0 radical (unpaired) electrons. The van der Waals surface area contributed by atoms with Gasteiger partial charge in [-0.25, -0.2) is 0 Å². The van der Waals surface area contributed by atoms with E-state index in [0.29, 0.717) is 12.1 Å². The second-order valence-corrected chi connectivity index (χ2v) is 7.02. The Morgan fingerprint density at radius 3 is 2.41 bits per heavy atom. The molecule has 4 rings (SSSR count).